The highest BCUT2D eigenvalue weighted by atomic mass is 19.4. The van der Waals surface area contributed by atoms with Crippen molar-refractivity contribution < 1.29 is 13.2 Å². The number of hydrogen-bond acceptors (Lipinski definition) is 2. The van der Waals surface area contributed by atoms with Gasteiger partial charge in [-0.2, -0.15) is 13.2 Å². The van der Waals surface area contributed by atoms with Gasteiger partial charge in [0.1, 0.15) is 5.56 Å². The van der Waals surface area contributed by atoms with Crippen LogP contribution >= 0.6 is 0 Å². The molecule has 0 unspecified atom stereocenters. The van der Waals surface area contributed by atoms with Gasteiger partial charge in [0.05, 0.1) is 0 Å². The number of alkyl halides is 3. The molecule has 0 saturated carbocycles. The van der Waals surface area contributed by atoms with Crippen LogP contribution in [0.15, 0.2) is 15.8 Å². The normalized spacial score (nSPS) is 12.5. The first-order valence-corrected chi connectivity index (χ1v) is 5.52. The van der Waals surface area contributed by atoms with Crippen molar-refractivity contribution in [3.63, 3.8) is 0 Å². The molecule has 0 aliphatic heterocycles. The van der Waals surface area contributed by atoms with Gasteiger partial charge < -0.3 is 0 Å². The summed E-state index contributed by atoms with van der Waals surface area (Å²) in [5, 5.41) is 0. The minimum absolute atomic E-state index is 0.454. The number of aromatic nitrogens is 2. The summed E-state index contributed by atoms with van der Waals surface area (Å²) in [6, 6.07) is -1.08. The summed E-state index contributed by atoms with van der Waals surface area (Å²) in [4.78, 5) is 23.6. The third kappa shape index (κ3) is 2.49. The van der Waals surface area contributed by atoms with Crippen molar-refractivity contribution in [2.75, 3.05) is 0 Å². The summed E-state index contributed by atoms with van der Waals surface area (Å²) in [5.41, 5.74) is -3.33. The van der Waals surface area contributed by atoms with Crippen LogP contribution in [0.3, 0.4) is 0 Å². The Morgan fingerprint density at radius 3 is 1.89 bits per heavy atom. The molecule has 102 valence electrons. The molecule has 18 heavy (non-hydrogen) atoms. The van der Waals surface area contributed by atoms with Crippen molar-refractivity contribution in [1.29, 1.82) is 0 Å². The van der Waals surface area contributed by atoms with Gasteiger partial charge in [-0.15, -0.1) is 0 Å². The van der Waals surface area contributed by atoms with Crippen molar-refractivity contribution >= 4 is 0 Å². The minimum Gasteiger partial charge on any atom is -0.297 e. The molecule has 1 rings (SSSR count). The first kappa shape index (κ1) is 14.5. The molecule has 0 fully saturated rings. The van der Waals surface area contributed by atoms with Gasteiger partial charge in [0, 0.05) is 18.3 Å². The highest BCUT2D eigenvalue weighted by Crippen LogP contribution is 2.26. The maximum atomic E-state index is 12.7. The van der Waals surface area contributed by atoms with Gasteiger partial charge >= 0.3 is 11.9 Å². The third-order valence-corrected chi connectivity index (χ3v) is 2.52. The van der Waals surface area contributed by atoms with Gasteiger partial charge in [-0.1, -0.05) is 0 Å². The third-order valence-electron chi connectivity index (χ3n) is 2.52. The summed E-state index contributed by atoms with van der Waals surface area (Å²) in [6.45, 7) is 6.15. The quantitative estimate of drug-likeness (QED) is 0.821. The Morgan fingerprint density at radius 1 is 1.06 bits per heavy atom. The van der Waals surface area contributed by atoms with Crippen molar-refractivity contribution in [2.45, 2.75) is 46.0 Å². The van der Waals surface area contributed by atoms with E-state index in [2.05, 4.69) is 0 Å². The zero-order chi connectivity index (χ0) is 14.2. The largest absolute Gasteiger partial charge is 0.423 e. The average molecular weight is 264 g/mol. The topological polar surface area (TPSA) is 44.0 Å². The van der Waals surface area contributed by atoms with E-state index >= 15 is 0 Å². The van der Waals surface area contributed by atoms with Crippen molar-refractivity contribution in [1.82, 2.24) is 9.13 Å². The van der Waals surface area contributed by atoms with Crippen LogP contribution < -0.4 is 11.2 Å². The van der Waals surface area contributed by atoms with Gasteiger partial charge in [0.15, 0.2) is 0 Å². The fraction of sp³-hybridized carbons (Fsp3) is 0.636. The molecule has 0 amide bonds. The average Bonchev–Trinajstić information content (AvgIpc) is 2.13. The fourth-order valence-corrected chi connectivity index (χ4v) is 1.61. The molecule has 0 radical (unpaired) electrons. The Kier molecular flexibility index (Phi) is 3.73. The molecule has 0 aliphatic rings. The van der Waals surface area contributed by atoms with Crippen LogP contribution in [0.2, 0.25) is 0 Å². The molecule has 1 aromatic rings. The SMILES string of the molecule is CC(C)n1cc(C(F)(F)F)c(=O)n(C(C)C)c1=O. The van der Waals surface area contributed by atoms with E-state index in [1.165, 1.54) is 13.8 Å². The summed E-state index contributed by atoms with van der Waals surface area (Å²) in [7, 11) is 0. The van der Waals surface area contributed by atoms with Crippen molar-refractivity contribution in [3.8, 4) is 0 Å². The van der Waals surface area contributed by atoms with E-state index in [1.807, 2.05) is 0 Å². The van der Waals surface area contributed by atoms with E-state index in [4.69, 9.17) is 0 Å². The van der Waals surface area contributed by atoms with Gasteiger partial charge in [0.25, 0.3) is 5.56 Å². The summed E-state index contributed by atoms with van der Waals surface area (Å²) in [6.07, 6.45) is -4.17. The molecule has 0 spiro atoms. The molecule has 0 aliphatic carbocycles. The zero-order valence-corrected chi connectivity index (χ0v) is 10.6. The predicted octanol–water partition coefficient (Wildman–Crippen LogP) is 2.19. The second-order valence-corrected chi connectivity index (χ2v) is 4.59. The monoisotopic (exact) mass is 264 g/mol. The van der Waals surface area contributed by atoms with Crippen LogP contribution in [0.25, 0.3) is 0 Å². The van der Waals surface area contributed by atoms with Crippen LogP contribution in [0.1, 0.15) is 45.3 Å². The van der Waals surface area contributed by atoms with E-state index < -0.39 is 35.1 Å². The molecule has 4 nitrogen and oxygen atoms in total. The Labute approximate surface area is 102 Å². The Hall–Kier alpha value is -1.53. The van der Waals surface area contributed by atoms with E-state index in [9.17, 15) is 22.8 Å². The van der Waals surface area contributed by atoms with E-state index in [1.54, 1.807) is 13.8 Å². The molecule has 7 heteroatoms. The molecule has 0 N–H and O–H groups in total. The van der Waals surface area contributed by atoms with Gasteiger partial charge in [0.2, 0.25) is 0 Å². The van der Waals surface area contributed by atoms with Crippen LogP contribution in [-0.4, -0.2) is 9.13 Å². The lowest BCUT2D eigenvalue weighted by molar-refractivity contribution is -0.139. The van der Waals surface area contributed by atoms with E-state index in [-0.39, 0.29) is 0 Å². The molecule has 0 saturated heterocycles. The highest BCUT2D eigenvalue weighted by molar-refractivity contribution is 5.11. The lowest BCUT2D eigenvalue weighted by atomic mass is 10.2. The van der Waals surface area contributed by atoms with Gasteiger partial charge in [-0.3, -0.25) is 13.9 Å². The van der Waals surface area contributed by atoms with Crippen LogP contribution in [0.5, 0.6) is 0 Å². The van der Waals surface area contributed by atoms with Crippen molar-refractivity contribution in [3.05, 3.63) is 32.6 Å². The zero-order valence-electron chi connectivity index (χ0n) is 10.6. The lowest BCUT2D eigenvalue weighted by Crippen LogP contribution is -2.44. The van der Waals surface area contributed by atoms with Crippen LogP contribution in [-0.2, 0) is 6.18 Å². The maximum Gasteiger partial charge on any atom is 0.423 e. The fourth-order valence-electron chi connectivity index (χ4n) is 1.61. The lowest BCUT2D eigenvalue weighted by Gasteiger charge is -2.18. The number of halogens is 3. The summed E-state index contributed by atoms with van der Waals surface area (Å²) in [5.74, 6) is 0. The Morgan fingerprint density at radius 2 is 1.56 bits per heavy atom. The highest BCUT2D eigenvalue weighted by Gasteiger charge is 2.36. The van der Waals surface area contributed by atoms with Crippen LogP contribution in [0.4, 0.5) is 13.2 Å². The molecule has 0 atom stereocenters. The molecular formula is C11H15F3N2O2. The number of rotatable bonds is 2. The first-order chi connectivity index (χ1) is 8.07. The molecule has 1 heterocycles. The second-order valence-electron chi connectivity index (χ2n) is 4.59. The Bertz CT molecular complexity index is 553. The van der Waals surface area contributed by atoms with Crippen molar-refractivity contribution in [2.24, 2.45) is 0 Å². The number of nitrogens with zero attached hydrogens (tertiary/aromatic N) is 2. The maximum absolute atomic E-state index is 12.7. The summed E-state index contributed by atoms with van der Waals surface area (Å²) >= 11 is 0. The van der Waals surface area contributed by atoms with Crippen LogP contribution in [0, 0.1) is 0 Å². The molecule has 0 bridgehead atoms. The number of hydrogen-bond donors (Lipinski definition) is 0. The standard InChI is InChI=1S/C11H15F3N2O2/c1-6(2)15-5-8(11(12,13)14)9(17)16(7(3)4)10(15)18/h5-7H,1-4H3. The van der Waals surface area contributed by atoms with Gasteiger partial charge in [-0.25, -0.2) is 4.79 Å². The molecule has 0 aromatic carbocycles. The Balaban J connectivity index is 3.79. The first-order valence-electron chi connectivity index (χ1n) is 5.52. The van der Waals surface area contributed by atoms with Gasteiger partial charge in [-0.05, 0) is 27.7 Å². The predicted molar refractivity (Wildman–Crippen MR) is 60.7 cm³/mol. The van der Waals surface area contributed by atoms with E-state index in [0.717, 1.165) is 4.57 Å². The second kappa shape index (κ2) is 4.62. The van der Waals surface area contributed by atoms with E-state index in [0.29, 0.717) is 10.8 Å². The summed E-state index contributed by atoms with van der Waals surface area (Å²) < 4.78 is 39.8. The smallest absolute Gasteiger partial charge is 0.297 e. The minimum atomic E-state index is -4.77. The molecular weight excluding hydrogens is 249 g/mol. The molecule has 1 aromatic heterocycles.